The number of aliphatic hydroxyl groups excluding tert-OH is 1. The number of hydrogen-bond acceptors (Lipinski definition) is 18. The molecule has 0 aliphatic carbocycles. The lowest BCUT2D eigenvalue weighted by Crippen LogP contribution is -2.40. The molecule has 3 aliphatic heterocycles. The van der Waals surface area contributed by atoms with Gasteiger partial charge in [-0.25, -0.2) is 43.1 Å². The van der Waals surface area contributed by atoms with E-state index in [-0.39, 0.29) is 67.2 Å². The molecule has 3 saturated heterocycles. The number of amides is 2. The smallest absolute Gasteiger partial charge is 0.303 e. The highest BCUT2D eigenvalue weighted by Crippen LogP contribution is 2.43. The molecule has 0 spiro atoms. The van der Waals surface area contributed by atoms with Gasteiger partial charge in [0.05, 0.1) is 17.1 Å². The van der Waals surface area contributed by atoms with Gasteiger partial charge >= 0.3 is 11.9 Å². The molecule has 3 aliphatic rings. The molecule has 97 heavy (non-hydrogen) atoms. The highest BCUT2D eigenvalue weighted by Gasteiger charge is 2.33. The van der Waals surface area contributed by atoms with Gasteiger partial charge in [0.1, 0.15) is 60.1 Å². The first-order chi connectivity index (χ1) is 45.4. The number of aromatic amines is 3. The lowest BCUT2D eigenvalue weighted by Gasteiger charge is -2.31. The number of carbonyl (C=O) groups excluding carboxylic acids is 5. The Morgan fingerprint density at radius 1 is 0.515 bits per heavy atom. The van der Waals surface area contributed by atoms with Crippen LogP contribution in [0.3, 0.4) is 0 Å². The Balaban J connectivity index is 0.000000215. The lowest BCUT2D eigenvalue weighted by atomic mass is 9.88. The van der Waals surface area contributed by atoms with Crippen LogP contribution in [0.5, 0.6) is 0 Å². The number of hydrogen-bond donors (Lipinski definition) is 5. The zero-order chi connectivity index (χ0) is 66.8. The third-order valence-electron chi connectivity index (χ3n) is 15.6. The Labute approximate surface area is 586 Å². The lowest BCUT2D eigenvalue weighted by molar-refractivity contribution is -0.150. The van der Waals surface area contributed by atoms with Crippen molar-refractivity contribution in [1.82, 2.24) is 75.6 Å². The molecule has 12 rings (SSSR count). The summed E-state index contributed by atoms with van der Waals surface area (Å²) in [6.45, 7) is 5.42. The maximum atomic E-state index is 14.7. The fourth-order valence-corrected chi connectivity index (χ4v) is 11.7. The maximum absolute atomic E-state index is 14.7. The van der Waals surface area contributed by atoms with Gasteiger partial charge in [-0.15, -0.1) is 24.8 Å². The zero-order valence-corrected chi connectivity index (χ0v) is 56.6. The molecular formula is C64H66Cl6F3N15O9. The Hall–Kier alpha value is -8.51. The van der Waals surface area contributed by atoms with Gasteiger partial charge in [0.25, 0.3) is 11.1 Å². The first-order valence-electron chi connectivity index (χ1n) is 29.6. The van der Waals surface area contributed by atoms with Crippen LogP contribution in [-0.4, -0.2) is 169 Å². The van der Waals surface area contributed by atoms with Crippen LogP contribution >= 0.6 is 71.2 Å². The number of nitrogens with zero attached hydrogens (tertiary/aromatic N) is 11. The van der Waals surface area contributed by atoms with E-state index in [0.29, 0.717) is 124 Å². The third-order valence-corrected chi connectivity index (χ3v) is 16.5. The molecular weight excluding hydrogens is 1390 g/mol. The molecule has 514 valence electrons. The molecule has 6 aromatic heterocycles. The van der Waals surface area contributed by atoms with E-state index in [1.807, 2.05) is 6.07 Å². The van der Waals surface area contributed by atoms with Crippen LogP contribution in [0.1, 0.15) is 87.2 Å². The average Bonchev–Trinajstić information content (AvgIpc) is 1.68. The summed E-state index contributed by atoms with van der Waals surface area (Å²) in [6.07, 6.45) is 14.1. The number of halogens is 9. The predicted molar refractivity (Wildman–Crippen MR) is 361 cm³/mol. The number of piperidine rings is 3. The van der Waals surface area contributed by atoms with Crippen LogP contribution in [0, 0.1) is 17.5 Å². The second-order valence-electron chi connectivity index (χ2n) is 21.6. The summed E-state index contributed by atoms with van der Waals surface area (Å²) in [5.41, 5.74) is 9.49. The van der Waals surface area contributed by atoms with Gasteiger partial charge in [0.2, 0.25) is 5.91 Å². The van der Waals surface area contributed by atoms with Crippen molar-refractivity contribution in [2.45, 2.75) is 70.1 Å². The van der Waals surface area contributed by atoms with Crippen molar-refractivity contribution in [1.29, 1.82) is 0 Å². The number of esters is 2. The van der Waals surface area contributed by atoms with Crippen LogP contribution in [0.15, 0.2) is 110 Å². The molecule has 33 heteroatoms. The standard InChI is InChI=1S/C22H21ClFN5O3.C20H19ClFN5O2.C18H17ClFN5.C4H5ClO3.2ClH.H2O/c1-13(30)32-11-19(31)29-8-5-14(6-9-29)21-20(18-4-7-25-12-26-18)22(28-27-21)16-3-2-15(23)10-17(16)24;21-13-1-2-14(15(22)9-13)20-18(16-3-6-23-11-24-16)19(25-26-20)12-4-7-27(8-5-12)17(29)10-28;19-12-1-2-13(14(20)9-12)18-16(15-5-8-22-10-23-15)17(24-25-18)11-3-6-21-7-4-11;1-3(6)8-2-4(5)7;;;/h2-4,7,10,12,14H,5-6,8-9,11H2,1H3,(H,27,28);1-3,6,9,11-12,28H,4-5,7-8,10H2,(H,25,26);1-2,5,8-11,21H,3-4,6-7H2,(H,24,25);2H2,1H3;2*1H;1H2. The number of likely N-dealkylation sites (tertiary alicyclic amines) is 2. The molecule has 0 atom stereocenters. The molecule has 0 saturated carbocycles. The van der Waals surface area contributed by atoms with E-state index in [1.165, 1.54) is 51.0 Å². The van der Waals surface area contributed by atoms with Crippen molar-refractivity contribution in [3.8, 4) is 67.5 Å². The Kier molecular flexibility index (Phi) is 29.8. The molecule has 0 radical (unpaired) electrons. The monoisotopic (exact) mass is 1460 g/mol. The van der Waals surface area contributed by atoms with E-state index < -0.39 is 41.2 Å². The van der Waals surface area contributed by atoms with Gasteiger partial charge in [-0.2, -0.15) is 15.3 Å². The van der Waals surface area contributed by atoms with Gasteiger partial charge in [-0.1, -0.05) is 34.8 Å². The van der Waals surface area contributed by atoms with Gasteiger partial charge in [0.15, 0.2) is 13.2 Å². The zero-order valence-electron chi connectivity index (χ0n) is 51.9. The summed E-state index contributed by atoms with van der Waals surface area (Å²) in [5.74, 6) is -2.31. The molecule has 3 aromatic carbocycles. The van der Waals surface area contributed by atoms with Crippen molar-refractivity contribution in [2.24, 2.45) is 0 Å². The van der Waals surface area contributed by atoms with Crippen molar-refractivity contribution in [3.63, 3.8) is 0 Å². The van der Waals surface area contributed by atoms with Crippen LogP contribution in [0.25, 0.3) is 67.5 Å². The summed E-state index contributed by atoms with van der Waals surface area (Å²) in [4.78, 5) is 83.0. The number of benzene rings is 3. The first-order valence-corrected chi connectivity index (χ1v) is 31.1. The molecule has 3 fully saturated rings. The Morgan fingerprint density at radius 2 is 0.845 bits per heavy atom. The predicted octanol–water partition coefficient (Wildman–Crippen LogP) is 10.7. The normalized spacial score (nSPS) is 13.9. The number of H-pyrrole nitrogens is 3. The highest BCUT2D eigenvalue weighted by molar-refractivity contribution is 6.64. The van der Waals surface area contributed by atoms with Gasteiger partial charge in [-0.3, -0.25) is 39.3 Å². The number of aliphatic hydroxyl groups is 1. The Morgan fingerprint density at radius 3 is 1.13 bits per heavy atom. The van der Waals surface area contributed by atoms with Crippen LogP contribution in [0.2, 0.25) is 15.1 Å². The van der Waals surface area contributed by atoms with E-state index in [9.17, 15) is 37.1 Å². The first kappa shape index (κ1) is 77.5. The SMILES string of the molecule is CC(=O)OCC(=O)Cl.CC(=O)OCC(=O)N1CCC(c2[nH]nc(-c3ccc(Cl)cc3F)c2-c2ccncn2)CC1.Cl.Cl.Fc1cc(Cl)ccc1-c1n[nH]c(C2CCNCC2)c1-c1ccncn1.O.O=C(CO)N1CCC(c2[nH]nc(-c3ccc(Cl)cc3F)c2-c2ccncn2)CC1. The summed E-state index contributed by atoms with van der Waals surface area (Å²) in [5, 5.41) is 35.3. The quantitative estimate of drug-likeness (QED) is 0.0499. The molecule has 24 nitrogen and oxygen atoms in total. The molecule has 9 heterocycles. The van der Waals surface area contributed by atoms with E-state index in [0.717, 1.165) is 59.8 Å². The second kappa shape index (κ2) is 37.3. The van der Waals surface area contributed by atoms with Gasteiger partial charge in [0, 0.05) is 142 Å². The molecule has 0 unspecified atom stereocenters. The fraction of sp³-hybridized carbons (Fsp3) is 0.312. The van der Waals surface area contributed by atoms with Gasteiger partial charge < -0.3 is 35.2 Å². The van der Waals surface area contributed by atoms with Crippen molar-refractivity contribution >= 4 is 100 Å². The summed E-state index contributed by atoms with van der Waals surface area (Å²) in [7, 11) is 0. The van der Waals surface area contributed by atoms with Crippen LogP contribution in [-0.2, 0) is 33.4 Å². The number of nitrogens with one attached hydrogen (secondary N) is 4. The maximum Gasteiger partial charge on any atom is 0.303 e. The summed E-state index contributed by atoms with van der Waals surface area (Å²) >= 11 is 22.5. The number of rotatable bonds is 14. The molecule has 0 bridgehead atoms. The van der Waals surface area contributed by atoms with Crippen molar-refractivity contribution < 1.29 is 57.2 Å². The minimum Gasteiger partial charge on any atom is -0.456 e. The van der Waals surface area contributed by atoms with Crippen molar-refractivity contribution in [2.75, 3.05) is 59.1 Å². The van der Waals surface area contributed by atoms with E-state index >= 15 is 0 Å². The third kappa shape index (κ3) is 20.3. The van der Waals surface area contributed by atoms with Crippen LogP contribution in [0.4, 0.5) is 13.2 Å². The minimum atomic E-state index is -0.666. The van der Waals surface area contributed by atoms with Crippen molar-refractivity contribution in [3.05, 3.63) is 160 Å². The summed E-state index contributed by atoms with van der Waals surface area (Å²) < 4.78 is 52.8. The molecule has 7 N–H and O–H groups in total. The largest absolute Gasteiger partial charge is 0.456 e. The van der Waals surface area contributed by atoms with Crippen LogP contribution < -0.4 is 5.32 Å². The van der Waals surface area contributed by atoms with Gasteiger partial charge in [-0.05, 0) is 136 Å². The number of ether oxygens (including phenoxy) is 2. The number of carbonyl (C=O) groups is 5. The molecule has 9 aromatic rings. The Bertz CT molecular complexity index is 4080. The number of aromatic nitrogens is 12. The fourth-order valence-electron chi connectivity index (χ4n) is 11.1. The molecule has 2 amide bonds. The minimum absolute atomic E-state index is 0. The van der Waals surface area contributed by atoms with E-state index in [4.69, 9.17) is 56.2 Å². The summed E-state index contributed by atoms with van der Waals surface area (Å²) in [6, 6.07) is 18.9. The van der Waals surface area contributed by atoms with E-state index in [1.54, 1.807) is 76.9 Å². The van der Waals surface area contributed by atoms with E-state index in [2.05, 4.69) is 70.5 Å². The highest BCUT2D eigenvalue weighted by atomic mass is 35.5. The average molecular weight is 1460 g/mol. The topological polar surface area (TPSA) is 337 Å². The second-order valence-corrected chi connectivity index (χ2v) is 23.4.